The SMILES string of the molecule is N=C(N)N(CCC[C@H](N)C(=O)O)C(=O)OCc1ccccc1. The molecule has 0 saturated heterocycles. The zero-order chi connectivity index (χ0) is 16.5. The molecule has 0 aliphatic heterocycles. The fourth-order valence-electron chi connectivity index (χ4n) is 1.70. The number of carbonyl (C=O) groups is 2. The van der Waals surface area contributed by atoms with Crippen molar-refractivity contribution in [3.05, 3.63) is 35.9 Å². The summed E-state index contributed by atoms with van der Waals surface area (Å²) in [5.41, 5.74) is 11.5. The number of rotatable bonds is 7. The zero-order valence-corrected chi connectivity index (χ0v) is 12.1. The second-order valence-electron chi connectivity index (χ2n) is 4.66. The van der Waals surface area contributed by atoms with Gasteiger partial charge in [0.1, 0.15) is 12.6 Å². The maximum Gasteiger partial charge on any atom is 0.416 e. The van der Waals surface area contributed by atoms with Gasteiger partial charge in [-0.2, -0.15) is 0 Å². The predicted octanol–water partition coefficient (Wildman–Crippen LogP) is 0.711. The van der Waals surface area contributed by atoms with Gasteiger partial charge in [0.15, 0.2) is 5.96 Å². The van der Waals surface area contributed by atoms with E-state index in [-0.39, 0.29) is 19.6 Å². The molecule has 0 unspecified atom stereocenters. The van der Waals surface area contributed by atoms with Gasteiger partial charge in [0.2, 0.25) is 0 Å². The molecule has 1 aromatic carbocycles. The summed E-state index contributed by atoms with van der Waals surface area (Å²) in [5, 5.41) is 16.1. The first-order chi connectivity index (χ1) is 10.4. The van der Waals surface area contributed by atoms with E-state index in [1.54, 1.807) is 12.1 Å². The molecular formula is C14H20N4O4. The number of nitrogens with two attached hydrogens (primary N) is 2. The van der Waals surface area contributed by atoms with Crippen molar-refractivity contribution in [3.63, 3.8) is 0 Å². The highest BCUT2D eigenvalue weighted by atomic mass is 16.6. The van der Waals surface area contributed by atoms with Crippen LogP contribution in [0.15, 0.2) is 30.3 Å². The molecule has 22 heavy (non-hydrogen) atoms. The fraction of sp³-hybridized carbons (Fsp3) is 0.357. The highest BCUT2D eigenvalue weighted by molar-refractivity contribution is 5.91. The molecule has 0 aromatic heterocycles. The highest BCUT2D eigenvalue weighted by Gasteiger charge is 2.19. The van der Waals surface area contributed by atoms with Crippen LogP contribution in [0.4, 0.5) is 4.79 Å². The van der Waals surface area contributed by atoms with Gasteiger partial charge >= 0.3 is 12.1 Å². The van der Waals surface area contributed by atoms with Gasteiger partial charge < -0.3 is 21.3 Å². The van der Waals surface area contributed by atoms with E-state index in [0.29, 0.717) is 6.42 Å². The molecule has 120 valence electrons. The number of carboxylic acid groups (broad SMARTS) is 1. The van der Waals surface area contributed by atoms with E-state index in [1.807, 2.05) is 18.2 Å². The number of carbonyl (C=O) groups excluding carboxylic acids is 1. The second kappa shape index (κ2) is 8.63. The van der Waals surface area contributed by atoms with Crippen molar-refractivity contribution in [2.75, 3.05) is 6.54 Å². The molecule has 1 atom stereocenters. The number of nitrogens with one attached hydrogen (secondary N) is 1. The molecule has 0 radical (unpaired) electrons. The first kappa shape index (κ1) is 17.4. The van der Waals surface area contributed by atoms with Gasteiger partial charge in [-0.3, -0.25) is 10.2 Å². The third-order valence-electron chi connectivity index (χ3n) is 2.93. The van der Waals surface area contributed by atoms with Gasteiger partial charge in [-0.25, -0.2) is 9.69 Å². The number of hydrogen-bond donors (Lipinski definition) is 4. The summed E-state index contributed by atoms with van der Waals surface area (Å²) in [6.45, 7) is 0.141. The van der Waals surface area contributed by atoms with Crippen LogP contribution in [0, 0.1) is 5.41 Å². The molecule has 1 amide bonds. The largest absolute Gasteiger partial charge is 0.480 e. The Bertz CT molecular complexity index is 521. The number of nitrogens with zero attached hydrogens (tertiary/aromatic N) is 1. The maximum absolute atomic E-state index is 11.9. The van der Waals surface area contributed by atoms with Gasteiger partial charge in [0.25, 0.3) is 0 Å². The minimum absolute atomic E-state index is 0.0676. The molecule has 0 saturated carbocycles. The molecule has 0 aliphatic carbocycles. The number of benzene rings is 1. The lowest BCUT2D eigenvalue weighted by molar-refractivity contribution is -0.138. The Balaban J connectivity index is 2.46. The standard InChI is InChI=1S/C14H20N4O4/c15-11(12(19)20)7-4-8-18(13(16)17)14(21)22-9-10-5-2-1-3-6-10/h1-3,5-6,11H,4,7-9,15H2,(H3,16,17)(H,19,20)/t11-/m0/s1. The van der Waals surface area contributed by atoms with Crippen LogP contribution in [0.25, 0.3) is 0 Å². The third kappa shape index (κ3) is 5.80. The van der Waals surface area contributed by atoms with E-state index in [1.165, 1.54) is 0 Å². The molecule has 8 heteroatoms. The Labute approximate surface area is 128 Å². The Kier molecular flexibility index (Phi) is 6.84. The summed E-state index contributed by atoms with van der Waals surface area (Å²) < 4.78 is 5.08. The smallest absolute Gasteiger partial charge is 0.416 e. The Morgan fingerprint density at radius 1 is 1.32 bits per heavy atom. The van der Waals surface area contributed by atoms with E-state index >= 15 is 0 Å². The number of aliphatic carboxylic acids is 1. The summed E-state index contributed by atoms with van der Waals surface area (Å²) >= 11 is 0. The molecule has 0 aliphatic rings. The van der Waals surface area contributed by atoms with Crippen molar-refractivity contribution in [1.82, 2.24) is 4.90 Å². The van der Waals surface area contributed by atoms with Crippen LogP contribution in [0.5, 0.6) is 0 Å². The molecular weight excluding hydrogens is 288 g/mol. The fourth-order valence-corrected chi connectivity index (χ4v) is 1.70. The topological polar surface area (TPSA) is 143 Å². The van der Waals surface area contributed by atoms with Crippen LogP contribution in [0.2, 0.25) is 0 Å². The van der Waals surface area contributed by atoms with E-state index in [9.17, 15) is 9.59 Å². The van der Waals surface area contributed by atoms with Gasteiger partial charge in [0, 0.05) is 6.54 Å². The van der Waals surface area contributed by atoms with Crippen molar-refractivity contribution >= 4 is 18.0 Å². The normalized spacial score (nSPS) is 11.5. The maximum atomic E-state index is 11.9. The van der Waals surface area contributed by atoms with Crippen LogP contribution in [0.1, 0.15) is 18.4 Å². The zero-order valence-electron chi connectivity index (χ0n) is 12.1. The lowest BCUT2D eigenvalue weighted by Gasteiger charge is -2.20. The summed E-state index contributed by atoms with van der Waals surface area (Å²) in [7, 11) is 0. The first-order valence-electron chi connectivity index (χ1n) is 6.72. The average molecular weight is 308 g/mol. The first-order valence-corrected chi connectivity index (χ1v) is 6.72. The molecule has 0 heterocycles. The van der Waals surface area contributed by atoms with Crippen molar-refractivity contribution in [1.29, 1.82) is 5.41 Å². The van der Waals surface area contributed by atoms with Gasteiger partial charge in [-0.15, -0.1) is 0 Å². The Hall–Kier alpha value is -2.61. The van der Waals surface area contributed by atoms with Gasteiger partial charge in [-0.1, -0.05) is 30.3 Å². The highest BCUT2D eigenvalue weighted by Crippen LogP contribution is 2.05. The van der Waals surface area contributed by atoms with Crippen molar-refractivity contribution in [2.24, 2.45) is 11.5 Å². The molecule has 6 N–H and O–H groups in total. The molecule has 1 rings (SSSR count). The third-order valence-corrected chi connectivity index (χ3v) is 2.93. The Morgan fingerprint density at radius 2 is 1.95 bits per heavy atom. The monoisotopic (exact) mass is 308 g/mol. The number of ether oxygens (including phenoxy) is 1. The second-order valence-corrected chi connectivity index (χ2v) is 4.66. The van der Waals surface area contributed by atoms with Crippen LogP contribution in [-0.2, 0) is 16.1 Å². The van der Waals surface area contributed by atoms with Gasteiger partial charge in [-0.05, 0) is 18.4 Å². The molecule has 1 aromatic rings. The van der Waals surface area contributed by atoms with Crippen LogP contribution in [0.3, 0.4) is 0 Å². The van der Waals surface area contributed by atoms with Gasteiger partial charge in [0.05, 0.1) is 0 Å². The van der Waals surface area contributed by atoms with Crippen LogP contribution in [-0.4, -0.2) is 40.6 Å². The van der Waals surface area contributed by atoms with E-state index < -0.39 is 24.1 Å². The molecule has 0 bridgehead atoms. The minimum Gasteiger partial charge on any atom is -0.480 e. The molecule has 8 nitrogen and oxygen atoms in total. The summed E-state index contributed by atoms with van der Waals surface area (Å²) in [6, 6.07) is 8.08. The lowest BCUT2D eigenvalue weighted by atomic mass is 10.1. The lowest BCUT2D eigenvalue weighted by Crippen LogP contribution is -2.42. The summed E-state index contributed by atoms with van der Waals surface area (Å²) in [5.74, 6) is -1.57. The van der Waals surface area contributed by atoms with E-state index in [0.717, 1.165) is 10.5 Å². The van der Waals surface area contributed by atoms with Crippen LogP contribution >= 0.6 is 0 Å². The minimum atomic E-state index is -1.11. The predicted molar refractivity (Wildman–Crippen MR) is 80.1 cm³/mol. The van der Waals surface area contributed by atoms with Crippen molar-refractivity contribution < 1.29 is 19.4 Å². The Morgan fingerprint density at radius 3 is 2.50 bits per heavy atom. The number of hydrogen-bond acceptors (Lipinski definition) is 5. The molecule has 0 fully saturated rings. The summed E-state index contributed by atoms with van der Waals surface area (Å²) in [4.78, 5) is 23.4. The quantitative estimate of drug-likeness (QED) is 0.431. The van der Waals surface area contributed by atoms with Crippen molar-refractivity contribution in [3.8, 4) is 0 Å². The van der Waals surface area contributed by atoms with Crippen LogP contribution < -0.4 is 11.5 Å². The number of guanidine groups is 1. The number of carboxylic acids is 1. The average Bonchev–Trinajstić information content (AvgIpc) is 2.49. The summed E-state index contributed by atoms with van der Waals surface area (Å²) in [6.07, 6.45) is -0.279. The number of amides is 1. The van der Waals surface area contributed by atoms with E-state index in [4.69, 9.17) is 26.7 Å². The van der Waals surface area contributed by atoms with E-state index in [2.05, 4.69) is 0 Å². The molecule has 0 spiro atoms. The van der Waals surface area contributed by atoms with Crippen molar-refractivity contribution in [2.45, 2.75) is 25.5 Å².